The minimum Gasteiger partial charge on any atom is -0.396 e. The van der Waals surface area contributed by atoms with Gasteiger partial charge in [0.05, 0.1) is 18.0 Å². The lowest BCUT2D eigenvalue weighted by Crippen LogP contribution is -2.14. The molecule has 0 radical (unpaired) electrons. The average Bonchev–Trinajstić information content (AvgIpc) is 2.81. The molecule has 0 saturated heterocycles. The molecular weight excluding hydrogens is 300 g/mol. The fourth-order valence-corrected chi connectivity index (χ4v) is 2.58. The number of hydrogen-bond donors (Lipinski definition) is 1. The summed E-state index contributed by atoms with van der Waals surface area (Å²) >= 11 is 0. The van der Waals surface area contributed by atoms with E-state index in [4.69, 9.17) is 5.73 Å². The maximum Gasteiger partial charge on any atom is 0.168 e. The summed E-state index contributed by atoms with van der Waals surface area (Å²) in [6, 6.07) is 3.72. The van der Waals surface area contributed by atoms with Crippen molar-refractivity contribution in [1.82, 2.24) is 9.78 Å². The standard InChI is InChI=1S/C13H15F2N3O2S/c1-2-21(19,20)7-6-18-8-11(16)13(17-18)9-4-3-5-10(14)12(9)15/h3-5,8H,2,6-7,16H2,1H3. The second kappa shape index (κ2) is 5.80. The molecule has 5 nitrogen and oxygen atoms in total. The first kappa shape index (κ1) is 15.4. The van der Waals surface area contributed by atoms with E-state index in [9.17, 15) is 17.2 Å². The van der Waals surface area contributed by atoms with Gasteiger partial charge in [-0.3, -0.25) is 4.68 Å². The van der Waals surface area contributed by atoms with E-state index in [0.717, 1.165) is 6.07 Å². The van der Waals surface area contributed by atoms with Gasteiger partial charge in [0.1, 0.15) is 5.69 Å². The van der Waals surface area contributed by atoms with Gasteiger partial charge in [0, 0.05) is 17.5 Å². The van der Waals surface area contributed by atoms with Crippen LogP contribution in [0.5, 0.6) is 0 Å². The number of anilines is 1. The van der Waals surface area contributed by atoms with E-state index in [0.29, 0.717) is 0 Å². The van der Waals surface area contributed by atoms with Crippen molar-refractivity contribution in [3.63, 3.8) is 0 Å². The van der Waals surface area contributed by atoms with Crippen molar-refractivity contribution in [1.29, 1.82) is 0 Å². The number of nitrogens with zero attached hydrogens (tertiary/aromatic N) is 2. The lowest BCUT2D eigenvalue weighted by Gasteiger charge is -2.02. The highest BCUT2D eigenvalue weighted by atomic mass is 32.2. The van der Waals surface area contributed by atoms with Gasteiger partial charge in [-0.05, 0) is 12.1 Å². The van der Waals surface area contributed by atoms with Crippen LogP contribution in [0.25, 0.3) is 11.3 Å². The Morgan fingerprint density at radius 1 is 1.33 bits per heavy atom. The molecule has 0 saturated carbocycles. The third-order valence-electron chi connectivity index (χ3n) is 3.07. The van der Waals surface area contributed by atoms with Crippen LogP contribution in [0.1, 0.15) is 6.92 Å². The Morgan fingerprint density at radius 2 is 2.05 bits per heavy atom. The van der Waals surface area contributed by atoms with Gasteiger partial charge in [-0.25, -0.2) is 17.2 Å². The van der Waals surface area contributed by atoms with E-state index in [-0.39, 0.29) is 35.0 Å². The summed E-state index contributed by atoms with van der Waals surface area (Å²) in [6.45, 7) is 1.66. The lowest BCUT2D eigenvalue weighted by atomic mass is 10.1. The minimum absolute atomic E-state index is 0.0368. The zero-order valence-electron chi connectivity index (χ0n) is 11.4. The number of aromatic nitrogens is 2. The van der Waals surface area contributed by atoms with Crippen molar-refractivity contribution in [2.45, 2.75) is 13.5 Å². The van der Waals surface area contributed by atoms with Crippen LogP contribution in [0.3, 0.4) is 0 Å². The predicted octanol–water partition coefficient (Wildman–Crippen LogP) is 1.85. The van der Waals surface area contributed by atoms with E-state index in [1.165, 1.54) is 23.0 Å². The Labute approximate surface area is 121 Å². The monoisotopic (exact) mass is 315 g/mol. The first-order valence-electron chi connectivity index (χ1n) is 6.32. The van der Waals surface area contributed by atoms with E-state index in [2.05, 4.69) is 5.10 Å². The van der Waals surface area contributed by atoms with E-state index >= 15 is 0 Å². The number of hydrogen-bond acceptors (Lipinski definition) is 4. The van der Waals surface area contributed by atoms with Crippen LogP contribution in [0.4, 0.5) is 14.5 Å². The van der Waals surface area contributed by atoms with Gasteiger partial charge < -0.3 is 5.73 Å². The summed E-state index contributed by atoms with van der Waals surface area (Å²) in [4.78, 5) is 0. The van der Waals surface area contributed by atoms with Crippen LogP contribution < -0.4 is 5.73 Å². The lowest BCUT2D eigenvalue weighted by molar-refractivity contribution is 0.510. The molecule has 21 heavy (non-hydrogen) atoms. The van der Waals surface area contributed by atoms with Gasteiger partial charge in [-0.2, -0.15) is 5.10 Å². The summed E-state index contributed by atoms with van der Waals surface area (Å²) in [6.07, 6.45) is 1.41. The molecule has 2 aromatic rings. The molecule has 114 valence electrons. The summed E-state index contributed by atoms with van der Waals surface area (Å²) in [5.74, 6) is -2.07. The summed E-state index contributed by atoms with van der Waals surface area (Å²) < 4.78 is 51.2. The molecule has 0 aliphatic carbocycles. The molecule has 0 aliphatic heterocycles. The van der Waals surface area contributed by atoms with Gasteiger partial charge in [-0.15, -0.1) is 0 Å². The number of rotatable bonds is 5. The third-order valence-corrected chi connectivity index (χ3v) is 4.75. The maximum atomic E-state index is 13.7. The number of nitrogens with two attached hydrogens (primary N) is 1. The highest BCUT2D eigenvalue weighted by Gasteiger charge is 2.16. The molecule has 1 heterocycles. The molecule has 1 aromatic carbocycles. The second-order valence-corrected chi connectivity index (χ2v) is 7.01. The van der Waals surface area contributed by atoms with Crippen molar-refractivity contribution in [3.05, 3.63) is 36.0 Å². The fraction of sp³-hybridized carbons (Fsp3) is 0.308. The Balaban J connectivity index is 2.30. The smallest absolute Gasteiger partial charge is 0.168 e. The van der Waals surface area contributed by atoms with Gasteiger partial charge in [-0.1, -0.05) is 13.0 Å². The molecule has 0 unspecified atom stereocenters. The predicted molar refractivity (Wildman–Crippen MR) is 76.3 cm³/mol. The molecule has 2 rings (SSSR count). The largest absolute Gasteiger partial charge is 0.396 e. The van der Waals surface area contributed by atoms with E-state index in [1.807, 2.05) is 0 Å². The van der Waals surface area contributed by atoms with E-state index in [1.54, 1.807) is 6.92 Å². The third kappa shape index (κ3) is 3.38. The second-order valence-electron chi connectivity index (χ2n) is 4.53. The number of aryl methyl sites for hydroxylation is 1. The number of halogens is 2. The zero-order valence-corrected chi connectivity index (χ0v) is 12.2. The summed E-state index contributed by atoms with van der Waals surface area (Å²) in [7, 11) is -3.14. The van der Waals surface area contributed by atoms with Crippen LogP contribution in [0, 0.1) is 11.6 Å². The maximum absolute atomic E-state index is 13.7. The first-order chi connectivity index (χ1) is 9.84. The highest BCUT2D eigenvalue weighted by molar-refractivity contribution is 7.91. The topological polar surface area (TPSA) is 78.0 Å². The summed E-state index contributed by atoms with van der Waals surface area (Å²) in [5.41, 5.74) is 5.95. The molecule has 0 aliphatic rings. The fourth-order valence-electron chi connectivity index (χ4n) is 1.82. The van der Waals surface area contributed by atoms with Crippen LogP contribution >= 0.6 is 0 Å². The first-order valence-corrected chi connectivity index (χ1v) is 8.14. The average molecular weight is 315 g/mol. The molecule has 0 amide bonds. The molecule has 0 fully saturated rings. The Kier molecular flexibility index (Phi) is 4.26. The minimum atomic E-state index is -3.14. The Bertz CT molecular complexity index is 757. The summed E-state index contributed by atoms with van der Waals surface area (Å²) in [5, 5.41) is 4.04. The molecule has 0 bridgehead atoms. The molecule has 0 spiro atoms. The van der Waals surface area contributed by atoms with Crippen molar-refractivity contribution >= 4 is 15.5 Å². The number of nitrogen functional groups attached to an aromatic ring is 1. The quantitative estimate of drug-likeness (QED) is 0.913. The van der Waals surface area contributed by atoms with Crippen molar-refractivity contribution in [2.24, 2.45) is 0 Å². The van der Waals surface area contributed by atoms with Crippen LogP contribution in [0.15, 0.2) is 24.4 Å². The van der Waals surface area contributed by atoms with E-state index < -0.39 is 21.5 Å². The highest BCUT2D eigenvalue weighted by Crippen LogP contribution is 2.27. The van der Waals surface area contributed by atoms with Gasteiger partial charge in [0.25, 0.3) is 0 Å². The van der Waals surface area contributed by atoms with Crippen LogP contribution in [0.2, 0.25) is 0 Å². The van der Waals surface area contributed by atoms with Crippen molar-refractivity contribution in [2.75, 3.05) is 17.2 Å². The van der Waals surface area contributed by atoms with Crippen molar-refractivity contribution in [3.8, 4) is 11.3 Å². The number of benzene rings is 1. The normalized spacial score (nSPS) is 11.8. The molecule has 8 heteroatoms. The molecule has 1 aromatic heterocycles. The van der Waals surface area contributed by atoms with Crippen LogP contribution in [-0.2, 0) is 16.4 Å². The molecular formula is C13H15F2N3O2S. The van der Waals surface area contributed by atoms with Gasteiger partial charge in [0.15, 0.2) is 21.5 Å². The zero-order chi connectivity index (χ0) is 15.6. The van der Waals surface area contributed by atoms with Crippen LogP contribution in [-0.4, -0.2) is 29.7 Å². The molecule has 0 atom stereocenters. The van der Waals surface area contributed by atoms with Crippen molar-refractivity contribution < 1.29 is 17.2 Å². The number of sulfone groups is 1. The van der Waals surface area contributed by atoms with Gasteiger partial charge >= 0.3 is 0 Å². The molecule has 2 N–H and O–H groups in total. The van der Waals surface area contributed by atoms with Gasteiger partial charge in [0.2, 0.25) is 0 Å². The Hall–Kier alpha value is -1.96. The SMILES string of the molecule is CCS(=O)(=O)CCn1cc(N)c(-c2cccc(F)c2F)n1. The Morgan fingerprint density at radius 3 is 2.71 bits per heavy atom.